The van der Waals surface area contributed by atoms with Gasteiger partial charge in [0.15, 0.2) is 0 Å². The van der Waals surface area contributed by atoms with Crippen molar-refractivity contribution in [2.45, 2.75) is 18.9 Å². The van der Waals surface area contributed by atoms with Gasteiger partial charge in [0.1, 0.15) is 18.2 Å². The maximum atomic E-state index is 12.7. The minimum atomic E-state index is -0.218. The second-order valence-electron chi connectivity index (χ2n) is 7.15. The Hall–Kier alpha value is -3.32. The van der Waals surface area contributed by atoms with Gasteiger partial charge in [0.05, 0.1) is 26.0 Å². The number of morpholine rings is 1. The number of hydrogen-bond donors (Lipinski definition) is 0. The first-order valence-electron chi connectivity index (χ1n) is 9.96. The van der Waals surface area contributed by atoms with E-state index < -0.39 is 0 Å². The Morgan fingerprint density at radius 1 is 1.10 bits per heavy atom. The third-order valence-corrected chi connectivity index (χ3v) is 5.22. The summed E-state index contributed by atoms with van der Waals surface area (Å²) in [5.74, 6) is 0.955. The first-order valence-corrected chi connectivity index (χ1v) is 9.96. The van der Waals surface area contributed by atoms with Crippen molar-refractivity contribution < 1.29 is 14.3 Å². The highest BCUT2D eigenvalue weighted by Crippen LogP contribution is 2.24. The van der Waals surface area contributed by atoms with Gasteiger partial charge in [0.2, 0.25) is 5.91 Å². The van der Waals surface area contributed by atoms with E-state index in [9.17, 15) is 4.79 Å². The highest BCUT2D eigenvalue weighted by molar-refractivity contribution is 5.76. The molecule has 3 heterocycles. The largest absolute Gasteiger partial charge is 0.497 e. The molecule has 0 N–H and O–H groups in total. The number of amides is 1. The molecule has 0 aliphatic carbocycles. The normalized spacial score (nSPS) is 16.3. The van der Waals surface area contributed by atoms with Gasteiger partial charge in [-0.2, -0.15) is 0 Å². The molecular formula is C23H24N4O3. The first-order chi connectivity index (χ1) is 14.7. The van der Waals surface area contributed by atoms with E-state index in [1.54, 1.807) is 25.7 Å². The number of carbonyl (C=O) groups is 1. The molecule has 154 valence electrons. The van der Waals surface area contributed by atoms with Crippen LogP contribution in [0.3, 0.4) is 0 Å². The molecule has 7 nitrogen and oxygen atoms in total. The Labute approximate surface area is 175 Å². The maximum absolute atomic E-state index is 12.7. The Morgan fingerprint density at radius 2 is 1.90 bits per heavy atom. The molecule has 0 spiro atoms. The lowest BCUT2D eigenvalue weighted by Crippen LogP contribution is -2.42. The van der Waals surface area contributed by atoms with Gasteiger partial charge in [-0.25, -0.2) is 9.97 Å². The molecule has 1 aromatic carbocycles. The molecule has 4 rings (SSSR count). The molecule has 30 heavy (non-hydrogen) atoms. The summed E-state index contributed by atoms with van der Waals surface area (Å²) in [4.78, 5) is 27.2. The van der Waals surface area contributed by atoms with Gasteiger partial charge in [0.25, 0.3) is 0 Å². The van der Waals surface area contributed by atoms with Crippen LogP contribution in [0.15, 0.2) is 61.3 Å². The zero-order chi connectivity index (χ0) is 20.8. The first kappa shape index (κ1) is 20.0. The number of aromatic nitrogens is 3. The van der Waals surface area contributed by atoms with E-state index in [0.29, 0.717) is 32.5 Å². The monoisotopic (exact) mass is 404 g/mol. The summed E-state index contributed by atoms with van der Waals surface area (Å²) in [6, 6.07) is 11.8. The van der Waals surface area contributed by atoms with Gasteiger partial charge in [-0.1, -0.05) is 18.2 Å². The maximum Gasteiger partial charge on any atom is 0.223 e. The van der Waals surface area contributed by atoms with Crippen LogP contribution in [0.25, 0.3) is 11.1 Å². The number of pyridine rings is 1. The minimum absolute atomic E-state index is 0.136. The third-order valence-electron chi connectivity index (χ3n) is 5.22. The van der Waals surface area contributed by atoms with Crippen LogP contribution >= 0.6 is 0 Å². The smallest absolute Gasteiger partial charge is 0.223 e. The van der Waals surface area contributed by atoms with E-state index in [1.807, 2.05) is 41.3 Å². The summed E-state index contributed by atoms with van der Waals surface area (Å²) >= 11 is 0. The molecule has 3 aromatic rings. The summed E-state index contributed by atoms with van der Waals surface area (Å²) in [5, 5.41) is 0. The van der Waals surface area contributed by atoms with Gasteiger partial charge in [-0.15, -0.1) is 0 Å². The molecule has 0 radical (unpaired) electrons. The molecule has 1 saturated heterocycles. The van der Waals surface area contributed by atoms with Crippen molar-refractivity contribution >= 4 is 5.91 Å². The standard InChI is InChI=1S/C23H24N4O3/c1-29-20-6-2-17(3-7-20)4-9-23(28)27-10-11-30-22(15-27)21-8-5-18(14-26-21)19-12-24-16-25-13-19/h2-3,5-8,12-14,16,22H,4,9-11,15H2,1H3/t22-/m1/s1. The molecule has 1 atom stereocenters. The fourth-order valence-electron chi connectivity index (χ4n) is 3.47. The Morgan fingerprint density at radius 3 is 2.60 bits per heavy atom. The number of carbonyl (C=O) groups excluding carboxylic acids is 1. The Bertz CT molecular complexity index is 962. The zero-order valence-electron chi connectivity index (χ0n) is 16.9. The van der Waals surface area contributed by atoms with E-state index in [0.717, 1.165) is 28.1 Å². The number of aryl methyl sites for hydroxylation is 1. The number of methoxy groups -OCH3 is 1. The molecule has 1 fully saturated rings. The molecule has 0 unspecified atom stereocenters. The van der Waals surface area contributed by atoms with Crippen molar-refractivity contribution in [2.75, 3.05) is 26.8 Å². The SMILES string of the molecule is COc1ccc(CCC(=O)N2CCO[C@@H](c3ccc(-c4cncnc4)cn3)C2)cc1. The molecule has 1 amide bonds. The number of ether oxygens (including phenoxy) is 2. The van der Waals surface area contributed by atoms with E-state index in [-0.39, 0.29) is 12.0 Å². The molecule has 7 heteroatoms. The topological polar surface area (TPSA) is 77.4 Å². The lowest BCUT2D eigenvalue weighted by molar-refractivity contribution is -0.139. The van der Waals surface area contributed by atoms with E-state index >= 15 is 0 Å². The summed E-state index contributed by atoms with van der Waals surface area (Å²) in [5.41, 5.74) is 3.80. The van der Waals surface area contributed by atoms with Crippen LogP contribution in [0.2, 0.25) is 0 Å². The van der Waals surface area contributed by atoms with E-state index in [4.69, 9.17) is 9.47 Å². The highest BCUT2D eigenvalue weighted by atomic mass is 16.5. The lowest BCUT2D eigenvalue weighted by Gasteiger charge is -2.32. The molecular weight excluding hydrogens is 380 g/mol. The second-order valence-corrected chi connectivity index (χ2v) is 7.15. The van der Waals surface area contributed by atoms with Crippen LogP contribution in [0, 0.1) is 0 Å². The van der Waals surface area contributed by atoms with Gasteiger partial charge < -0.3 is 14.4 Å². The number of nitrogens with zero attached hydrogens (tertiary/aromatic N) is 4. The van der Waals surface area contributed by atoms with E-state index in [1.165, 1.54) is 6.33 Å². The summed E-state index contributed by atoms with van der Waals surface area (Å²) in [6.07, 6.45) is 7.76. The fourth-order valence-corrected chi connectivity index (χ4v) is 3.47. The molecule has 0 bridgehead atoms. The molecule has 1 aliphatic heterocycles. The third kappa shape index (κ3) is 4.80. The summed E-state index contributed by atoms with van der Waals surface area (Å²) in [7, 11) is 1.64. The van der Waals surface area contributed by atoms with Crippen LogP contribution in [-0.2, 0) is 16.0 Å². The number of benzene rings is 1. The van der Waals surface area contributed by atoms with Gasteiger partial charge >= 0.3 is 0 Å². The van der Waals surface area contributed by atoms with Gasteiger partial charge in [-0.3, -0.25) is 9.78 Å². The Balaban J connectivity index is 1.34. The van der Waals surface area contributed by atoms with Gasteiger partial charge in [-0.05, 0) is 30.2 Å². The van der Waals surface area contributed by atoms with Gasteiger partial charge in [0, 0.05) is 42.7 Å². The summed E-state index contributed by atoms with van der Waals surface area (Å²) < 4.78 is 11.1. The van der Waals surface area contributed by atoms with Crippen molar-refractivity contribution in [3.05, 3.63) is 72.6 Å². The number of hydrogen-bond acceptors (Lipinski definition) is 6. The predicted molar refractivity (Wildman–Crippen MR) is 112 cm³/mol. The summed E-state index contributed by atoms with van der Waals surface area (Å²) in [6.45, 7) is 1.63. The van der Waals surface area contributed by atoms with Crippen molar-refractivity contribution in [1.82, 2.24) is 19.9 Å². The van der Waals surface area contributed by atoms with E-state index in [2.05, 4.69) is 15.0 Å². The van der Waals surface area contributed by atoms with Crippen LogP contribution in [0.4, 0.5) is 0 Å². The fraction of sp³-hybridized carbons (Fsp3) is 0.304. The lowest BCUT2D eigenvalue weighted by atomic mass is 10.1. The second kappa shape index (κ2) is 9.45. The van der Waals surface area contributed by atoms with Crippen LogP contribution in [-0.4, -0.2) is 52.6 Å². The minimum Gasteiger partial charge on any atom is -0.497 e. The van der Waals surface area contributed by atoms with Crippen LogP contribution in [0.1, 0.15) is 23.8 Å². The predicted octanol–water partition coefficient (Wildman–Crippen LogP) is 3.08. The van der Waals surface area contributed by atoms with Crippen molar-refractivity contribution in [3.63, 3.8) is 0 Å². The van der Waals surface area contributed by atoms with Crippen molar-refractivity contribution in [1.29, 1.82) is 0 Å². The average Bonchev–Trinajstić information content (AvgIpc) is 2.83. The van der Waals surface area contributed by atoms with Crippen LogP contribution < -0.4 is 4.74 Å². The molecule has 1 aliphatic rings. The molecule has 2 aromatic heterocycles. The highest BCUT2D eigenvalue weighted by Gasteiger charge is 2.26. The average molecular weight is 404 g/mol. The Kier molecular flexibility index (Phi) is 6.29. The van der Waals surface area contributed by atoms with Crippen LogP contribution in [0.5, 0.6) is 5.75 Å². The molecule has 0 saturated carbocycles. The quantitative estimate of drug-likeness (QED) is 0.628. The van der Waals surface area contributed by atoms with Crippen molar-refractivity contribution in [2.24, 2.45) is 0 Å². The zero-order valence-corrected chi connectivity index (χ0v) is 16.9. The van der Waals surface area contributed by atoms with Crippen molar-refractivity contribution in [3.8, 4) is 16.9 Å². The number of rotatable bonds is 6.